The molecular weight excluding hydrogens is 518 g/mol. The number of benzene rings is 2. The van der Waals surface area contributed by atoms with Crippen LogP contribution in [0.2, 0.25) is 0 Å². The first-order valence-electron chi connectivity index (χ1n) is 9.74. The van der Waals surface area contributed by atoms with Crippen LogP contribution >= 0.6 is 24.0 Å². The Balaban J connectivity index is 0.00000320. The molecule has 9 heteroatoms. The number of hydrogen-bond acceptors (Lipinski definition) is 4. The number of halogens is 2. The van der Waals surface area contributed by atoms with E-state index in [1.807, 2.05) is 18.2 Å². The molecule has 1 fully saturated rings. The third kappa shape index (κ3) is 6.56. The van der Waals surface area contributed by atoms with Gasteiger partial charge in [0.05, 0.1) is 5.75 Å². The van der Waals surface area contributed by atoms with Crippen LogP contribution in [0.1, 0.15) is 12.8 Å². The van der Waals surface area contributed by atoms with Crippen molar-refractivity contribution in [3.63, 3.8) is 0 Å². The van der Waals surface area contributed by atoms with Crippen LogP contribution in [0.5, 0.6) is 0 Å². The number of para-hydroxylation sites is 1. The van der Waals surface area contributed by atoms with Gasteiger partial charge in [-0.2, -0.15) is 0 Å². The van der Waals surface area contributed by atoms with Gasteiger partial charge in [-0.25, -0.2) is 12.8 Å². The first-order valence-corrected chi connectivity index (χ1v) is 11.4. The molecule has 2 aromatic carbocycles. The Bertz CT molecular complexity index is 933. The Kier molecular flexibility index (Phi) is 9.35. The monoisotopic (exact) mass is 546 g/mol. The Morgan fingerprint density at radius 2 is 1.73 bits per heavy atom. The standard InChI is InChI=1S/C21H27FN4O2S.HI/c1-23-21(24-13-16-29(27,28)20-10-6-5-9-19(20)22)25-17-11-14-26(15-12-17)18-7-3-2-4-8-18;/h2-10,17H,11-16H2,1H3,(H2,23,24,25);1H. The minimum Gasteiger partial charge on any atom is -0.371 e. The average molecular weight is 546 g/mol. The molecule has 3 rings (SSSR count). The van der Waals surface area contributed by atoms with Gasteiger partial charge in [0.15, 0.2) is 15.8 Å². The molecule has 1 aliphatic rings. The number of nitrogens with zero attached hydrogens (tertiary/aromatic N) is 2. The van der Waals surface area contributed by atoms with Crippen molar-refractivity contribution in [2.75, 3.05) is 37.3 Å². The number of piperidine rings is 1. The van der Waals surface area contributed by atoms with E-state index in [-0.39, 0.29) is 47.2 Å². The summed E-state index contributed by atoms with van der Waals surface area (Å²) in [7, 11) is -2.04. The van der Waals surface area contributed by atoms with E-state index in [0.717, 1.165) is 32.0 Å². The third-order valence-corrected chi connectivity index (χ3v) is 6.76. The lowest BCUT2D eigenvalue weighted by atomic mass is 10.0. The Morgan fingerprint density at radius 1 is 1.10 bits per heavy atom. The fourth-order valence-electron chi connectivity index (χ4n) is 3.42. The van der Waals surface area contributed by atoms with Crippen LogP contribution in [0.4, 0.5) is 10.1 Å². The van der Waals surface area contributed by atoms with Crippen LogP contribution in [0.25, 0.3) is 0 Å². The zero-order valence-corrected chi connectivity index (χ0v) is 20.1. The van der Waals surface area contributed by atoms with Crippen molar-refractivity contribution in [3.05, 3.63) is 60.4 Å². The maximum Gasteiger partial charge on any atom is 0.191 e. The molecule has 0 radical (unpaired) electrons. The smallest absolute Gasteiger partial charge is 0.191 e. The van der Waals surface area contributed by atoms with E-state index in [2.05, 4.69) is 32.7 Å². The van der Waals surface area contributed by atoms with Gasteiger partial charge in [0, 0.05) is 38.4 Å². The lowest BCUT2D eigenvalue weighted by Crippen LogP contribution is -2.49. The highest BCUT2D eigenvalue weighted by atomic mass is 127. The highest BCUT2D eigenvalue weighted by molar-refractivity contribution is 14.0. The van der Waals surface area contributed by atoms with Gasteiger partial charge in [-0.15, -0.1) is 24.0 Å². The number of sulfone groups is 1. The highest BCUT2D eigenvalue weighted by Gasteiger charge is 2.21. The number of rotatable bonds is 6. The van der Waals surface area contributed by atoms with Gasteiger partial charge in [0.1, 0.15) is 10.7 Å². The summed E-state index contributed by atoms with van der Waals surface area (Å²) >= 11 is 0. The van der Waals surface area contributed by atoms with Gasteiger partial charge in [-0.1, -0.05) is 30.3 Å². The second kappa shape index (κ2) is 11.5. The van der Waals surface area contributed by atoms with E-state index in [9.17, 15) is 12.8 Å². The normalized spacial score (nSPS) is 15.4. The van der Waals surface area contributed by atoms with Crippen molar-refractivity contribution in [1.82, 2.24) is 10.6 Å². The summed E-state index contributed by atoms with van der Waals surface area (Å²) in [4.78, 5) is 6.27. The van der Waals surface area contributed by atoms with Crippen molar-refractivity contribution in [2.24, 2.45) is 4.99 Å². The molecule has 164 valence electrons. The fraction of sp³-hybridized carbons (Fsp3) is 0.381. The molecule has 1 saturated heterocycles. The predicted molar refractivity (Wildman–Crippen MR) is 130 cm³/mol. The molecular formula is C21H28FIN4O2S. The van der Waals surface area contributed by atoms with Gasteiger partial charge >= 0.3 is 0 Å². The number of nitrogens with one attached hydrogen (secondary N) is 2. The third-order valence-electron chi connectivity index (χ3n) is 5.02. The van der Waals surface area contributed by atoms with Crippen LogP contribution in [-0.4, -0.2) is 52.9 Å². The molecule has 30 heavy (non-hydrogen) atoms. The van der Waals surface area contributed by atoms with Gasteiger partial charge in [0.25, 0.3) is 0 Å². The number of guanidine groups is 1. The van der Waals surface area contributed by atoms with E-state index in [1.54, 1.807) is 7.05 Å². The predicted octanol–water partition coefficient (Wildman–Crippen LogP) is 3.05. The van der Waals surface area contributed by atoms with Crippen molar-refractivity contribution < 1.29 is 12.8 Å². The lowest BCUT2D eigenvalue weighted by Gasteiger charge is -2.34. The fourth-order valence-corrected chi connectivity index (χ4v) is 4.66. The molecule has 0 amide bonds. The minimum absolute atomic E-state index is 0. The van der Waals surface area contributed by atoms with Crippen LogP contribution < -0.4 is 15.5 Å². The van der Waals surface area contributed by atoms with Gasteiger partial charge in [0.2, 0.25) is 0 Å². The molecule has 0 atom stereocenters. The van der Waals surface area contributed by atoms with Crippen LogP contribution in [-0.2, 0) is 9.84 Å². The summed E-state index contributed by atoms with van der Waals surface area (Å²) in [5.41, 5.74) is 1.23. The Labute approximate surface area is 194 Å². The summed E-state index contributed by atoms with van der Waals surface area (Å²) in [6.07, 6.45) is 1.92. The molecule has 0 spiro atoms. The number of anilines is 1. The summed E-state index contributed by atoms with van der Waals surface area (Å²) < 4.78 is 38.4. The van der Waals surface area contributed by atoms with Crippen molar-refractivity contribution in [1.29, 1.82) is 0 Å². The minimum atomic E-state index is -3.69. The van der Waals surface area contributed by atoms with Crippen LogP contribution in [0, 0.1) is 5.82 Å². The molecule has 0 saturated carbocycles. The molecule has 0 unspecified atom stereocenters. The molecule has 0 bridgehead atoms. The highest BCUT2D eigenvalue weighted by Crippen LogP contribution is 2.19. The SMILES string of the molecule is CN=C(NCCS(=O)(=O)c1ccccc1F)NC1CCN(c2ccccc2)CC1.I. The maximum absolute atomic E-state index is 13.8. The zero-order chi connectivity index (χ0) is 20.7. The Hall–Kier alpha value is -1.88. The van der Waals surface area contributed by atoms with Crippen LogP contribution in [0.15, 0.2) is 64.5 Å². The van der Waals surface area contributed by atoms with E-state index < -0.39 is 15.7 Å². The first-order chi connectivity index (χ1) is 14.0. The topological polar surface area (TPSA) is 73.8 Å². The number of hydrogen-bond donors (Lipinski definition) is 2. The van der Waals surface area contributed by atoms with E-state index in [4.69, 9.17) is 0 Å². The van der Waals surface area contributed by atoms with Crippen molar-refractivity contribution >= 4 is 45.5 Å². The van der Waals surface area contributed by atoms with Gasteiger partial charge in [-0.3, -0.25) is 4.99 Å². The second-order valence-corrected chi connectivity index (χ2v) is 9.07. The summed E-state index contributed by atoms with van der Waals surface area (Å²) in [5, 5.41) is 6.39. The van der Waals surface area contributed by atoms with Gasteiger partial charge in [-0.05, 0) is 37.1 Å². The first kappa shape index (κ1) is 24.4. The van der Waals surface area contributed by atoms with E-state index in [1.165, 1.54) is 23.9 Å². The molecule has 2 aromatic rings. The summed E-state index contributed by atoms with van der Waals surface area (Å²) in [6, 6.07) is 16.0. The molecule has 6 nitrogen and oxygen atoms in total. The molecule has 1 aliphatic heterocycles. The van der Waals surface area contributed by atoms with Crippen molar-refractivity contribution in [3.8, 4) is 0 Å². The maximum atomic E-state index is 13.8. The lowest BCUT2D eigenvalue weighted by molar-refractivity contribution is 0.462. The molecule has 1 heterocycles. The molecule has 0 aliphatic carbocycles. The zero-order valence-electron chi connectivity index (χ0n) is 16.9. The quantitative estimate of drug-likeness (QED) is 0.331. The largest absolute Gasteiger partial charge is 0.371 e. The van der Waals surface area contributed by atoms with Gasteiger partial charge < -0.3 is 15.5 Å². The summed E-state index contributed by atoms with van der Waals surface area (Å²) in [6.45, 7) is 2.04. The van der Waals surface area contributed by atoms with Crippen molar-refractivity contribution in [2.45, 2.75) is 23.8 Å². The second-order valence-electron chi connectivity index (χ2n) is 6.99. The van der Waals surface area contributed by atoms with E-state index >= 15 is 0 Å². The Morgan fingerprint density at radius 3 is 2.37 bits per heavy atom. The molecule has 2 N–H and O–H groups in total. The van der Waals surface area contributed by atoms with Crippen LogP contribution in [0.3, 0.4) is 0 Å². The average Bonchev–Trinajstić information content (AvgIpc) is 2.74. The number of aliphatic imine (C=N–C) groups is 1. The molecule has 0 aromatic heterocycles. The van der Waals surface area contributed by atoms with E-state index in [0.29, 0.717) is 5.96 Å². The summed E-state index contributed by atoms with van der Waals surface area (Å²) in [5.74, 6) is -0.367.